The highest BCUT2D eigenvalue weighted by atomic mass is 35.7. The second kappa shape index (κ2) is 6.58. The van der Waals surface area contributed by atoms with Crippen molar-refractivity contribution in [2.45, 2.75) is 10.3 Å². The van der Waals surface area contributed by atoms with E-state index in [4.69, 9.17) is 24.9 Å². The number of allylic oxidation sites excluding steroid dienone is 1. The lowest BCUT2D eigenvalue weighted by atomic mass is 9.68. The Balaban J connectivity index is 2.26. The van der Waals surface area contributed by atoms with Crippen LogP contribution in [0.25, 0.3) is 0 Å². The van der Waals surface area contributed by atoms with E-state index < -0.39 is 32.2 Å². The summed E-state index contributed by atoms with van der Waals surface area (Å²) in [4.78, 5) is 25.1. The number of carbonyl (C=O) groups is 2. The van der Waals surface area contributed by atoms with Crippen LogP contribution in [0.4, 0.5) is 0 Å². The summed E-state index contributed by atoms with van der Waals surface area (Å²) < 4.78 is 39.1. The van der Waals surface area contributed by atoms with Gasteiger partial charge in [-0.1, -0.05) is 12.1 Å². The van der Waals surface area contributed by atoms with Crippen molar-refractivity contribution < 1.29 is 32.2 Å². The van der Waals surface area contributed by atoms with Gasteiger partial charge in [0.2, 0.25) is 11.8 Å². The van der Waals surface area contributed by atoms with Gasteiger partial charge in [-0.15, -0.1) is 0 Å². The number of hydrogen-bond donors (Lipinski definition) is 1. The van der Waals surface area contributed by atoms with Gasteiger partial charge in [0.1, 0.15) is 22.0 Å². The van der Waals surface area contributed by atoms with E-state index in [1.807, 2.05) is 0 Å². The molecule has 3 rings (SSSR count). The number of methoxy groups -OCH3 is 3. The third-order valence-corrected chi connectivity index (χ3v) is 6.04. The molecule has 1 aromatic carbocycles. The molecule has 1 aliphatic heterocycles. The molecule has 2 aliphatic rings. The number of amides is 2. The summed E-state index contributed by atoms with van der Waals surface area (Å²) in [7, 11) is 5.44. The third kappa shape index (κ3) is 2.78. The normalized spacial score (nSPS) is 24.5. The maximum atomic E-state index is 12.8. The lowest BCUT2D eigenvalue weighted by Gasteiger charge is -2.33. The number of hydrogen-bond acceptors (Lipinski definition) is 7. The molecule has 1 aromatic rings. The Morgan fingerprint density at radius 2 is 1.81 bits per heavy atom. The van der Waals surface area contributed by atoms with Crippen LogP contribution in [0.3, 0.4) is 0 Å². The molecule has 2 amide bonds. The molecule has 0 aromatic heterocycles. The molecular weight excluding hydrogens is 398 g/mol. The van der Waals surface area contributed by atoms with Crippen molar-refractivity contribution in [2.75, 3.05) is 21.3 Å². The van der Waals surface area contributed by atoms with Gasteiger partial charge in [-0.25, -0.2) is 8.42 Å². The van der Waals surface area contributed by atoms with Crippen molar-refractivity contribution in [3.8, 4) is 5.75 Å². The van der Waals surface area contributed by atoms with Crippen molar-refractivity contribution in [1.29, 1.82) is 0 Å². The maximum Gasteiger partial charge on any atom is 0.264 e. The van der Waals surface area contributed by atoms with E-state index in [2.05, 4.69) is 5.32 Å². The van der Waals surface area contributed by atoms with E-state index in [9.17, 15) is 18.0 Å². The molecule has 8 nitrogen and oxygen atoms in total. The molecule has 144 valence electrons. The minimum atomic E-state index is -4.06. The minimum Gasteiger partial charge on any atom is -0.496 e. The first-order valence-electron chi connectivity index (χ1n) is 7.70. The molecule has 1 N–H and O–H groups in total. The quantitative estimate of drug-likeness (QED) is 0.570. The Kier molecular flexibility index (Phi) is 4.69. The monoisotopic (exact) mass is 413 g/mol. The predicted octanol–water partition coefficient (Wildman–Crippen LogP) is 1.21. The fourth-order valence-corrected chi connectivity index (χ4v) is 4.46. The number of nitrogens with one attached hydrogen (secondary N) is 1. The molecule has 1 heterocycles. The van der Waals surface area contributed by atoms with Crippen LogP contribution >= 0.6 is 10.7 Å². The lowest BCUT2D eigenvalue weighted by Crippen LogP contribution is -2.41. The van der Waals surface area contributed by atoms with E-state index in [0.717, 1.165) is 0 Å². The Morgan fingerprint density at radius 3 is 2.37 bits per heavy atom. The van der Waals surface area contributed by atoms with Crippen molar-refractivity contribution in [1.82, 2.24) is 5.32 Å². The first-order chi connectivity index (χ1) is 12.7. The van der Waals surface area contributed by atoms with Crippen molar-refractivity contribution in [3.05, 3.63) is 47.4 Å². The largest absolute Gasteiger partial charge is 0.496 e. The second-order valence-electron chi connectivity index (χ2n) is 5.89. The van der Waals surface area contributed by atoms with E-state index in [-0.39, 0.29) is 16.4 Å². The van der Waals surface area contributed by atoms with Gasteiger partial charge >= 0.3 is 0 Å². The summed E-state index contributed by atoms with van der Waals surface area (Å²) in [5, 5.41) is 2.31. The SMILES string of the molecule is COC1=C(OC)C2C(=O)NC(=O)C2(c2ccc(S(=O)(=O)Cl)c(OC)c2)C=C1. The summed E-state index contributed by atoms with van der Waals surface area (Å²) >= 11 is 0. The highest BCUT2D eigenvalue weighted by Crippen LogP contribution is 2.47. The second-order valence-corrected chi connectivity index (χ2v) is 8.43. The fourth-order valence-electron chi connectivity index (χ4n) is 3.46. The van der Waals surface area contributed by atoms with Gasteiger partial charge in [-0.05, 0) is 23.8 Å². The standard InChI is InChI=1S/C17H16ClNO7S/c1-24-10-6-7-17(13(14(10)26-3)15(20)19-16(17)21)9-4-5-12(27(18,22)23)11(8-9)25-2/h4-8,13H,1-3H3,(H,19,20,21). The van der Waals surface area contributed by atoms with E-state index in [1.54, 1.807) is 0 Å². The number of fused-ring (bicyclic) bond motifs is 1. The Hall–Kier alpha value is -2.52. The van der Waals surface area contributed by atoms with Crippen LogP contribution in [0, 0.1) is 5.92 Å². The summed E-state index contributed by atoms with van der Waals surface area (Å²) in [5.41, 5.74) is -1.09. The number of halogens is 1. The van der Waals surface area contributed by atoms with Gasteiger partial charge in [0.15, 0.2) is 11.5 Å². The van der Waals surface area contributed by atoms with Gasteiger partial charge in [-0.2, -0.15) is 0 Å². The Bertz CT molecular complexity index is 999. The number of ether oxygens (including phenoxy) is 3. The van der Waals surface area contributed by atoms with Gasteiger partial charge < -0.3 is 14.2 Å². The molecule has 2 atom stereocenters. The van der Waals surface area contributed by atoms with Crippen LogP contribution in [0.5, 0.6) is 5.75 Å². The smallest absolute Gasteiger partial charge is 0.264 e. The summed E-state index contributed by atoms with van der Waals surface area (Å²) in [6.45, 7) is 0. The molecular formula is C17H16ClNO7S. The first-order valence-corrected chi connectivity index (χ1v) is 10.0. The molecule has 10 heteroatoms. The summed E-state index contributed by atoms with van der Waals surface area (Å²) in [6.07, 6.45) is 3.06. The number of benzene rings is 1. The van der Waals surface area contributed by atoms with Crippen LogP contribution in [0.1, 0.15) is 5.56 Å². The Morgan fingerprint density at radius 1 is 1.11 bits per heavy atom. The minimum absolute atomic E-state index is 0.0448. The molecule has 0 spiro atoms. The van der Waals surface area contributed by atoms with E-state index >= 15 is 0 Å². The summed E-state index contributed by atoms with van der Waals surface area (Å²) in [6, 6.07) is 4.02. The molecule has 0 radical (unpaired) electrons. The highest BCUT2D eigenvalue weighted by molar-refractivity contribution is 8.13. The van der Waals surface area contributed by atoms with Gasteiger partial charge in [0.25, 0.3) is 9.05 Å². The number of imide groups is 1. The van der Waals surface area contributed by atoms with Gasteiger partial charge in [-0.3, -0.25) is 14.9 Å². The molecule has 1 aliphatic carbocycles. The third-order valence-electron chi connectivity index (χ3n) is 4.68. The van der Waals surface area contributed by atoms with E-state index in [0.29, 0.717) is 11.3 Å². The number of rotatable bonds is 5. The molecule has 27 heavy (non-hydrogen) atoms. The average molecular weight is 414 g/mol. The zero-order valence-electron chi connectivity index (χ0n) is 14.6. The lowest BCUT2D eigenvalue weighted by molar-refractivity contribution is -0.126. The van der Waals surface area contributed by atoms with Crippen LogP contribution < -0.4 is 10.1 Å². The zero-order valence-corrected chi connectivity index (χ0v) is 16.2. The van der Waals surface area contributed by atoms with Crippen LogP contribution in [-0.4, -0.2) is 41.6 Å². The summed E-state index contributed by atoms with van der Waals surface area (Å²) in [5.74, 6) is -1.67. The van der Waals surface area contributed by atoms with Crippen LogP contribution in [0.15, 0.2) is 46.8 Å². The molecule has 1 saturated heterocycles. The molecule has 2 unspecified atom stereocenters. The highest BCUT2D eigenvalue weighted by Gasteiger charge is 2.59. The topological polar surface area (TPSA) is 108 Å². The number of carbonyl (C=O) groups excluding carboxylic acids is 2. The fraction of sp³-hybridized carbons (Fsp3) is 0.294. The maximum absolute atomic E-state index is 12.8. The molecule has 1 fully saturated rings. The van der Waals surface area contributed by atoms with Crippen molar-refractivity contribution in [3.63, 3.8) is 0 Å². The molecule has 0 bridgehead atoms. The zero-order chi connectivity index (χ0) is 20.0. The predicted molar refractivity (Wildman–Crippen MR) is 94.5 cm³/mol. The first kappa shape index (κ1) is 19.2. The van der Waals surface area contributed by atoms with Crippen molar-refractivity contribution in [2.24, 2.45) is 5.92 Å². The van der Waals surface area contributed by atoms with Crippen LogP contribution in [-0.2, 0) is 33.5 Å². The van der Waals surface area contributed by atoms with Gasteiger partial charge in [0, 0.05) is 10.7 Å². The van der Waals surface area contributed by atoms with Gasteiger partial charge in [0.05, 0.1) is 21.3 Å². The Labute approximate surface area is 160 Å². The molecule has 0 saturated carbocycles. The van der Waals surface area contributed by atoms with E-state index in [1.165, 1.54) is 51.7 Å². The average Bonchev–Trinajstić information content (AvgIpc) is 2.90. The van der Waals surface area contributed by atoms with Crippen LogP contribution in [0.2, 0.25) is 0 Å². The van der Waals surface area contributed by atoms with Crippen molar-refractivity contribution >= 4 is 31.5 Å².